The molecule has 0 aromatic heterocycles. The molecule has 0 unspecified atom stereocenters. The number of hydrogen-bond donors (Lipinski definition) is 0. The number of likely N-dealkylation sites (tertiary alicyclic amines) is 1. The molecule has 1 saturated heterocycles. The largest absolute Gasteiger partial charge is 0.492 e. The number of hydrogen-bond acceptors (Lipinski definition) is 2. The lowest BCUT2D eigenvalue weighted by Crippen LogP contribution is -2.35. The van der Waals surface area contributed by atoms with E-state index in [4.69, 9.17) is 4.74 Å². The van der Waals surface area contributed by atoms with Crippen LogP contribution >= 0.6 is 15.9 Å². The maximum Gasteiger partial charge on any atom is 0.253 e. The summed E-state index contributed by atoms with van der Waals surface area (Å²) in [5.41, 5.74) is 0.732. The fourth-order valence-electron chi connectivity index (χ4n) is 2.29. The lowest BCUT2D eigenvalue weighted by Gasteiger charge is -2.26. The van der Waals surface area contributed by atoms with Crippen LogP contribution in [-0.4, -0.2) is 30.5 Å². The third-order valence-corrected chi connectivity index (χ3v) is 4.01. The van der Waals surface area contributed by atoms with E-state index in [1.165, 1.54) is 6.42 Å². The van der Waals surface area contributed by atoms with Crippen LogP contribution in [0, 0.1) is 5.92 Å². The first kappa shape index (κ1) is 15.4. The minimum Gasteiger partial charge on any atom is -0.492 e. The fourth-order valence-corrected chi connectivity index (χ4v) is 2.78. The summed E-state index contributed by atoms with van der Waals surface area (Å²) in [5, 5.41) is 0. The molecule has 1 aromatic rings. The lowest BCUT2D eigenvalue weighted by atomic mass is 10.1. The Bertz CT molecular complexity index is 468. The molecule has 0 atom stereocenters. The quantitative estimate of drug-likeness (QED) is 0.826. The number of rotatable bonds is 4. The highest BCUT2D eigenvalue weighted by Crippen LogP contribution is 2.27. The van der Waals surface area contributed by atoms with Crippen LogP contribution in [-0.2, 0) is 0 Å². The normalized spacial score (nSPS) is 15.5. The zero-order valence-electron chi connectivity index (χ0n) is 12.2. The van der Waals surface area contributed by atoms with E-state index in [2.05, 4.69) is 29.8 Å². The molecule has 1 heterocycles. The number of carbonyl (C=O) groups is 1. The van der Waals surface area contributed by atoms with E-state index in [0.717, 1.165) is 41.7 Å². The van der Waals surface area contributed by atoms with E-state index in [1.54, 1.807) is 0 Å². The summed E-state index contributed by atoms with van der Waals surface area (Å²) in [5.74, 6) is 1.41. The zero-order chi connectivity index (χ0) is 14.5. The van der Waals surface area contributed by atoms with Crippen LogP contribution in [0.4, 0.5) is 0 Å². The minimum absolute atomic E-state index is 0.126. The molecule has 0 N–H and O–H groups in total. The summed E-state index contributed by atoms with van der Waals surface area (Å²) in [6.07, 6.45) is 3.46. The van der Waals surface area contributed by atoms with E-state index >= 15 is 0 Å². The van der Waals surface area contributed by atoms with Crippen LogP contribution in [0.1, 0.15) is 43.5 Å². The molecular formula is C16H22BrNO2. The van der Waals surface area contributed by atoms with Crippen molar-refractivity contribution in [3.63, 3.8) is 0 Å². The fraction of sp³-hybridized carbons (Fsp3) is 0.562. The molecule has 1 aromatic carbocycles. The second-order valence-corrected chi connectivity index (χ2v) is 6.56. The second-order valence-electron chi connectivity index (χ2n) is 5.70. The van der Waals surface area contributed by atoms with Crippen molar-refractivity contribution in [3.05, 3.63) is 28.2 Å². The van der Waals surface area contributed by atoms with E-state index in [-0.39, 0.29) is 5.91 Å². The summed E-state index contributed by atoms with van der Waals surface area (Å²) in [4.78, 5) is 14.3. The maximum absolute atomic E-state index is 12.4. The van der Waals surface area contributed by atoms with Crippen molar-refractivity contribution in [1.29, 1.82) is 0 Å². The van der Waals surface area contributed by atoms with Gasteiger partial charge in [-0.3, -0.25) is 4.79 Å². The molecule has 0 bridgehead atoms. The van der Waals surface area contributed by atoms with Crippen LogP contribution in [0.3, 0.4) is 0 Å². The van der Waals surface area contributed by atoms with Crippen molar-refractivity contribution in [2.24, 2.45) is 5.92 Å². The summed E-state index contributed by atoms with van der Waals surface area (Å²) >= 11 is 3.49. The van der Waals surface area contributed by atoms with Crippen molar-refractivity contribution in [1.82, 2.24) is 4.90 Å². The summed E-state index contributed by atoms with van der Waals surface area (Å²) in [7, 11) is 0. The third kappa shape index (κ3) is 3.98. The van der Waals surface area contributed by atoms with Gasteiger partial charge in [-0.15, -0.1) is 0 Å². The number of piperidine rings is 1. The van der Waals surface area contributed by atoms with Crippen LogP contribution in [0.2, 0.25) is 0 Å². The van der Waals surface area contributed by atoms with Crippen molar-refractivity contribution >= 4 is 21.8 Å². The van der Waals surface area contributed by atoms with Crippen molar-refractivity contribution in [2.75, 3.05) is 19.7 Å². The Labute approximate surface area is 129 Å². The van der Waals surface area contributed by atoms with Crippen molar-refractivity contribution in [2.45, 2.75) is 33.1 Å². The Morgan fingerprint density at radius 1 is 1.30 bits per heavy atom. The summed E-state index contributed by atoms with van der Waals surface area (Å²) in [6, 6.07) is 5.60. The van der Waals surface area contributed by atoms with E-state index in [1.807, 2.05) is 23.1 Å². The molecule has 0 spiro atoms. The molecular weight excluding hydrogens is 318 g/mol. The third-order valence-electron chi connectivity index (χ3n) is 3.39. The van der Waals surface area contributed by atoms with Crippen LogP contribution in [0.5, 0.6) is 5.75 Å². The van der Waals surface area contributed by atoms with Crippen LogP contribution in [0.15, 0.2) is 22.7 Å². The predicted molar refractivity (Wildman–Crippen MR) is 84.2 cm³/mol. The first-order chi connectivity index (χ1) is 9.58. The molecule has 3 nitrogen and oxygen atoms in total. The molecule has 0 radical (unpaired) electrons. The standard InChI is InChI=1S/C16H22BrNO2/c1-12(2)11-20-15-7-6-13(10-14(15)17)16(19)18-8-4-3-5-9-18/h6-7,10,12H,3-5,8-9,11H2,1-2H3. The van der Waals surface area contributed by atoms with Crippen molar-refractivity contribution in [3.8, 4) is 5.75 Å². The Morgan fingerprint density at radius 3 is 2.60 bits per heavy atom. The number of halogens is 1. The molecule has 1 aliphatic rings. The molecule has 1 amide bonds. The second kappa shape index (κ2) is 7.11. The zero-order valence-corrected chi connectivity index (χ0v) is 13.8. The maximum atomic E-state index is 12.4. The van der Waals surface area contributed by atoms with Gasteiger partial charge in [-0.2, -0.15) is 0 Å². The van der Waals surface area contributed by atoms with E-state index < -0.39 is 0 Å². The highest BCUT2D eigenvalue weighted by molar-refractivity contribution is 9.10. The molecule has 4 heteroatoms. The van der Waals surface area contributed by atoms with Crippen LogP contribution in [0.25, 0.3) is 0 Å². The minimum atomic E-state index is 0.126. The Balaban J connectivity index is 2.05. The molecule has 20 heavy (non-hydrogen) atoms. The van der Waals surface area contributed by atoms with Gasteiger partial charge in [-0.1, -0.05) is 13.8 Å². The van der Waals surface area contributed by atoms with Gasteiger partial charge in [0.2, 0.25) is 0 Å². The first-order valence-electron chi connectivity index (χ1n) is 7.29. The van der Waals surface area contributed by atoms with Gasteiger partial charge in [0, 0.05) is 18.7 Å². The van der Waals surface area contributed by atoms with Gasteiger partial charge >= 0.3 is 0 Å². The van der Waals surface area contributed by atoms with Gasteiger partial charge in [0.25, 0.3) is 5.91 Å². The number of benzene rings is 1. The average molecular weight is 340 g/mol. The monoisotopic (exact) mass is 339 g/mol. The lowest BCUT2D eigenvalue weighted by molar-refractivity contribution is 0.0724. The molecule has 1 fully saturated rings. The highest BCUT2D eigenvalue weighted by atomic mass is 79.9. The summed E-state index contributed by atoms with van der Waals surface area (Å²) < 4.78 is 6.55. The smallest absolute Gasteiger partial charge is 0.253 e. The first-order valence-corrected chi connectivity index (χ1v) is 8.09. The van der Waals surface area contributed by atoms with Gasteiger partial charge in [-0.25, -0.2) is 0 Å². The molecule has 110 valence electrons. The van der Waals surface area contributed by atoms with E-state index in [9.17, 15) is 4.79 Å². The van der Waals surface area contributed by atoms with E-state index in [0.29, 0.717) is 12.5 Å². The number of nitrogens with zero attached hydrogens (tertiary/aromatic N) is 1. The Hall–Kier alpha value is -1.03. The SMILES string of the molecule is CC(C)COc1ccc(C(=O)N2CCCCC2)cc1Br. The molecule has 0 aliphatic carbocycles. The molecule has 2 rings (SSSR count). The highest BCUT2D eigenvalue weighted by Gasteiger charge is 2.19. The number of carbonyl (C=O) groups excluding carboxylic acids is 1. The summed E-state index contributed by atoms with van der Waals surface area (Å²) in [6.45, 7) is 6.66. The average Bonchev–Trinajstić information content (AvgIpc) is 2.46. The Kier molecular flexibility index (Phi) is 5.46. The van der Waals surface area contributed by atoms with Crippen LogP contribution < -0.4 is 4.74 Å². The molecule has 0 saturated carbocycles. The topological polar surface area (TPSA) is 29.5 Å². The van der Waals surface area contributed by atoms with Gasteiger partial charge in [0.15, 0.2) is 0 Å². The number of amides is 1. The van der Waals surface area contributed by atoms with Gasteiger partial charge in [0.05, 0.1) is 11.1 Å². The Morgan fingerprint density at radius 2 is 2.00 bits per heavy atom. The van der Waals surface area contributed by atoms with Gasteiger partial charge in [-0.05, 0) is 59.3 Å². The number of ether oxygens (including phenoxy) is 1. The van der Waals surface area contributed by atoms with Crippen molar-refractivity contribution < 1.29 is 9.53 Å². The molecule has 1 aliphatic heterocycles. The van der Waals surface area contributed by atoms with Gasteiger partial charge in [0.1, 0.15) is 5.75 Å². The predicted octanol–water partition coefficient (Wildman–Crippen LogP) is 4.11. The van der Waals surface area contributed by atoms with Gasteiger partial charge < -0.3 is 9.64 Å².